The molecule has 2 aliphatic heterocycles. The minimum atomic E-state index is -1.09. The van der Waals surface area contributed by atoms with Gasteiger partial charge in [0.1, 0.15) is 12.4 Å². The molecule has 1 spiro atoms. The van der Waals surface area contributed by atoms with E-state index in [2.05, 4.69) is 4.90 Å². The maximum Gasteiger partial charge on any atom is 0.411 e. The van der Waals surface area contributed by atoms with Crippen LogP contribution in [0, 0.1) is 0 Å². The van der Waals surface area contributed by atoms with E-state index in [1.54, 1.807) is 12.0 Å². The lowest BCUT2D eigenvalue weighted by atomic mass is 9.71. The van der Waals surface area contributed by atoms with Crippen LogP contribution in [0.1, 0.15) is 28.3 Å². The summed E-state index contributed by atoms with van der Waals surface area (Å²) >= 11 is 0. The van der Waals surface area contributed by atoms with Gasteiger partial charge in [0.25, 0.3) is 5.91 Å². The van der Waals surface area contributed by atoms with Crippen LogP contribution < -0.4 is 4.74 Å². The summed E-state index contributed by atoms with van der Waals surface area (Å²) in [5.74, 6) is 0.743. The summed E-state index contributed by atoms with van der Waals surface area (Å²) in [7, 11) is 1.65. The molecule has 4 aromatic rings. The van der Waals surface area contributed by atoms with Crippen LogP contribution in [0.5, 0.6) is 5.75 Å². The zero-order valence-electron chi connectivity index (χ0n) is 23.8. The van der Waals surface area contributed by atoms with Gasteiger partial charge in [-0.25, -0.2) is 4.79 Å². The topological polar surface area (TPSA) is 62.3 Å². The molecule has 0 N–H and O–H groups in total. The predicted octanol–water partition coefficient (Wildman–Crippen LogP) is 5.67. The van der Waals surface area contributed by atoms with Crippen LogP contribution >= 0.6 is 0 Å². The van der Waals surface area contributed by atoms with Gasteiger partial charge in [0.05, 0.1) is 13.2 Å². The molecule has 2 amide bonds. The molecule has 0 aliphatic carbocycles. The van der Waals surface area contributed by atoms with Crippen molar-refractivity contribution in [3.05, 3.63) is 138 Å². The summed E-state index contributed by atoms with van der Waals surface area (Å²) < 4.78 is 11.2. The van der Waals surface area contributed by atoms with E-state index in [0.717, 1.165) is 28.0 Å². The zero-order chi connectivity index (χ0) is 28.9. The van der Waals surface area contributed by atoms with E-state index in [-0.39, 0.29) is 18.6 Å². The molecule has 7 heteroatoms. The SMILES string of the molecule is COc1ccc(CN2CCN(C(=O)OCc3ccccc3)[C@]3(C2)C(=O)N(Cc2ccccc2)[C@@H]3c2ccccc2)cc1. The lowest BCUT2D eigenvalue weighted by molar-refractivity contribution is -0.187. The highest BCUT2D eigenvalue weighted by Gasteiger charge is 2.67. The number of β-lactam (4-membered cyclic amide) rings is 1. The molecule has 42 heavy (non-hydrogen) atoms. The number of carbonyl (C=O) groups is 2. The van der Waals surface area contributed by atoms with Crippen molar-refractivity contribution in [1.29, 1.82) is 0 Å². The zero-order valence-corrected chi connectivity index (χ0v) is 23.8. The van der Waals surface area contributed by atoms with Gasteiger partial charge in [-0.15, -0.1) is 0 Å². The largest absolute Gasteiger partial charge is 0.497 e. The van der Waals surface area contributed by atoms with Crippen molar-refractivity contribution in [2.24, 2.45) is 0 Å². The van der Waals surface area contributed by atoms with Crippen LogP contribution in [0.15, 0.2) is 115 Å². The van der Waals surface area contributed by atoms with Gasteiger partial charge >= 0.3 is 6.09 Å². The number of ether oxygens (including phenoxy) is 2. The molecule has 7 nitrogen and oxygen atoms in total. The Bertz CT molecular complexity index is 1500. The van der Waals surface area contributed by atoms with E-state index in [4.69, 9.17) is 9.47 Å². The average molecular weight is 562 g/mol. The number of methoxy groups -OCH3 is 1. The number of piperazine rings is 1. The van der Waals surface area contributed by atoms with Gasteiger partial charge in [-0.1, -0.05) is 103 Å². The molecule has 0 aromatic heterocycles. The monoisotopic (exact) mass is 561 g/mol. The van der Waals surface area contributed by atoms with Crippen LogP contribution in [0.2, 0.25) is 0 Å². The van der Waals surface area contributed by atoms with Crippen molar-refractivity contribution in [2.45, 2.75) is 31.3 Å². The summed E-state index contributed by atoms with van der Waals surface area (Å²) in [6.45, 7) is 2.70. The first-order chi connectivity index (χ1) is 20.6. The van der Waals surface area contributed by atoms with Crippen LogP contribution in [-0.4, -0.2) is 59.0 Å². The molecule has 2 heterocycles. The minimum Gasteiger partial charge on any atom is -0.497 e. The molecule has 2 atom stereocenters. The highest BCUT2D eigenvalue weighted by atomic mass is 16.6. The van der Waals surface area contributed by atoms with Crippen molar-refractivity contribution in [1.82, 2.24) is 14.7 Å². The Morgan fingerprint density at radius 2 is 1.36 bits per heavy atom. The number of hydrogen-bond donors (Lipinski definition) is 0. The number of hydrogen-bond acceptors (Lipinski definition) is 5. The minimum absolute atomic E-state index is 0.0590. The van der Waals surface area contributed by atoms with Crippen molar-refractivity contribution in [3.8, 4) is 5.75 Å². The van der Waals surface area contributed by atoms with Gasteiger partial charge in [-0.2, -0.15) is 0 Å². The average Bonchev–Trinajstić information content (AvgIpc) is 3.05. The Kier molecular flexibility index (Phi) is 7.93. The summed E-state index contributed by atoms with van der Waals surface area (Å²) in [4.78, 5) is 34.1. The quantitative estimate of drug-likeness (QED) is 0.260. The standard InChI is InChI=1S/C35H35N3O4/c1-41-31-19-17-28(18-20-31)23-36-21-22-38(34(40)42-25-29-13-7-3-8-14-29)35(26-36)32(30-15-9-4-10-16-30)37(33(35)39)24-27-11-5-2-6-12-27/h2-20,32H,21-26H2,1H3/t32-,35+/m1/s1. The van der Waals surface area contributed by atoms with Crippen molar-refractivity contribution >= 4 is 12.0 Å². The molecule has 0 unspecified atom stereocenters. The number of likely N-dealkylation sites (tertiary alicyclic amines) is 1. The van der Waals surface area contributed by atoms with Crippen LogP contribution in [0.25, 0.3) is 0 Å². The van der Waals surface area contributed by atoms with E-state index in [9.17, 15) is 9.59 Å². The molecule has 0 bridgehead atoms. The van der Waals surface area contributed by atoms with Gasteiger partial charge in [-0.3, -0.25) is 14.6 Å². The highest BCUT2D eigenvalue weighted by Crippen LogP contribution is 2.50. The molecule has 4 aromatic carbocycles. The lowest BCUT2D eigenvalue weighted by Crippen LogP contribution is -2.81. The molecular weight excluding hydrogens is 526 g/mol. The van der Waals surface area contributed by atoms with E-state index < -0.39 is 11.6 Å². The third-order valence-corrected chi connectivity index (χ3v) is 8.28. The summed E-state index contributed by atoms with van der Waals surface area (Å²) in [5, 5.41) is 0. The Morgan fingerprint density at radius 1 is 0.762 bits per heavy atom. The number of carbonyl (C=O) groups excluding carboxylic acids is 2. The molecule has 0 saturated carbocycles. The Hall–Kier alpha value is -4.62. The maximum atomic E-state index is 14.4. The number of amides is 2. The molecule has 214 valence electrons. The van der Waals surface area contributed by atoms with E-state index in [1.165, 1.54) is 0 Å². The molecule has 2 aliphatic rings. The Labute approximate surface area is 246 Å². The first kappa shape index (κ1) is 27.5. The second-order valence-corrected chi connectivity index (χ2v) is 10.9. The fourth-order valence-electron chi connectivity index (χ4n) is 6.25. The number of benzene rings is 4. The smallest absolute Gasteiger partial charge is 0.411 e. The normalized spacial score (nSPS) is 20.3. The Morgan fingerprint density at radius 3 is 2.00 bits per heavy atom. The van der Waals surface area contributed by atoms with Gasteiger partial charge in [0.15, 0.2) is 5.54 Å². The van der Waals surface area contributed by atoms with Crippen LogP contribution in [0.4, 0.5) is 4.79 Å². The first-order valence-corrected chi connectivity index (χ1v) is 14.3. The Balaban J connectivity index is 1.33. The molecular formula is C35H35N3O4. The first-order valence-electron chi connectivity index (χ1n) is 14.3. The van der Waals surface area contributed by atoms with Crippen molar-refractivity contribution in [3.63, 3.8) is 0 Å². The second-order valence-electron chi connectivity index (χ2n) is 10.9. The fraction of sp³-hybridized carbons (Fsp3) is 0.257. The van der Waals surface area contributed by atoms with Crippen LogP contribution in [0.3, 0.4) is 0 Å². The lowest BCUT2D eigenvalue weighted by Gasteiger charge is -2.63. The summed E-state index contributed by atoms with van der Waals surface area (Å²) in [6.07, 6.45) is -0.461. The third kappa shape index (κ3) is 5.35. The predicted molar refractivity (Wildman–Crippen MR) is 161 cm³/mol. The third-order valence-electron chi connectivity index (χ3n) is 8.28. The number of rotatable bonds is 8. The molecule has 6 rings (SSSR count). The van der Waals surface area contributed by atoms with Gasteiger partial charge in [0.2, 0.25) is 0 Å². The fourth-order valence-corrected chi connectivity index (χ4v) is 6.25. The maximum absolute atomic E-state index is 14.4. The molecule has 0 radical (unpaired) electrons. The highest BCUT2D eigenvalue weighted by molar-refractivity contribution is 5.98. The van der Waals surface area contributed by atoms with Crippen molar-refractivity contribution in [2.75, 3.05) is 26.7 Å². The number of nitrogens with zero attached hydrogens (tertiary/aromatic N) is 3. The molecule has 2 saturated heterocycles. The van der Waals surface area contributed by atoms with E-state index in [1.807, 2.05) is 120 Å². The van der Waals surface area contributed by atoms with Gasteiger partial charge < -0.3 is 14.4 Å². The van der Waals surface area contributed by atoms with Gasteiger partial charge in [-0.05, 0) is 34.4 Å². The van der Waals surface area contributed by atoms with E-state index >= 15 is 0 Å². The molecule has 2 fully saturated rings. The summed E-state index contributed by atoms with van der Waals surface area (Å²) in [6, 6.07) is 37.3. The second kappa shape index (κ2) is 12.1. The van der Waals surface area contributed by atoms with Crippen LogP contribution in [-0.2, 0) is 29.2 Å². The van der Waals surface area contributed by atoms with Crippen molar-refractivity contribution < 1.29 is 19.1 Å². The van der Waals surface area contributed by atoms with Gasteiger partial charge in [0, 0.05) is 32.7 Å². The summed E-state index contributed by atoms with van der Waals surface area (Å²) in [5.41, 5.74) is 2.98. The van der Waals surface area contributed by atoms with E-state index in [0.29, 0.717) is 32.7 Å².